The quantitative estimate of drug-likeness (QED) is 0.133. The van der Waals surface area contributed by atoms with Crippen molar-refractivity contribution in [2.45, 2.75) is 0 Å². The van der Waals surface area contributed by atoms with Crippen molar-refractivity contribution < 1.29 is 0 Å². The van der Waals surface area contributed by atoms with E-state index < -0.39 is 0 Å². The summed E-state index contributed by atoms with van der Waals surface area (Å²) in [6.07, 6.45) is 0. The molecule has 11 aromatic carbocycles. The highest BCUT2D eigenvalue weighted by Gasteiger charge is 2.21. The minimum atomic E-state index is 0.708. The van der Waals surface area contributed by atoms with Gasteiger partial charge in [0.2, 0.25) is 0 Å². The predicted octanol–water partition coefficient (Wildman–Crippen LogP) is 15.2. The third kappa shape index (κ3) is 4.99. The van der Waals surface area contributed by atoms with Crippen LogP contribution in [0.5, 0.6) is 0 Å². The van der Waals surface area contributed by atoms with E-state index in [0.717, 1.165) is 60.8 Å². The van der Waals surface area contributed by atoms with Gasteiger partial charge in [0.05, 0.1) is 11.4 Å². The molecule has 0 saturated heterocycles. The Kier molecular flexibility index (Phi) is 7.26. The molecule has 0 fully saturated rings. The number of aromatic nitrogens is 2. The molecule has 0 atom stereocenters. The van der Waals surface area contributed by atoms with Crippen molar-refractivity contribution in [2.75, 3.05) is 0 Å². The van der Waals surface area contributed by atoms with Gasteiger partial charge < -0.3 is 0 Å². The van der Waals surface area contributed by atoms with E-state index in [1.54, 1.807) is 0 Å². The average Bonchev–Trinajstić information content (AvgIpc) is 3.30. The third-order valence-electron chi connectivity index (χ3n) is 12.0. The van der Waals surface area contributed by atoms with Crippen molar-refractivity contribution in [1.29, 1.82) is 0 Å². The fraction of sp³-hybridized carbons (Fsp3) is 0. The van der Waals surface area contributed by atoms with Crippen LogP contribution in [0.2, 0.25) is 0 Å². The van der Waals surface area contributed by atoms with Crippen molar-refractivity contribution >= 4 is 75.4 Å². The summed E-state index contributed by atoms with van der Waals surface area (Å²) in [4.78, 5) is 11.3. The molecule has 268 valence electrons. The topological polar surface area (TPSA) is 25.8 Å². The molecule has 1 heterocycles. The maximum Gasteiger partial charge on any atom is 0.161 e. The molecule has 2 heteroatoms. The summed E-state index contributed by atoms with van der Waals surface area (Å²) in [6.45, 7) is 0. The molecule has 12 aromatic rings. The van der Waals surface area contributed by atoms with Crippen LogP contribution in [0.1, 0.15) is 0 Å². The zero-order chi connectivity index (χ0) is 38.2. The van der Waals surface area contributed by atoms with Gasteiger partial charge in [-0.25, -0.2) is 9.97 Å². The van der Waals surface area contributed by atoms with Crippen LogP contribution in [-0.2, 0) is 0 Å². The molecule has 0 amide bonds. The Morgan fingerprint density at radius 3 is 1.52 bits per heavy atom. The number of benzene rings is 11. The fourth-order valence-corrected chi connectivity index (χ4v) is 9.45. The summed E-state index contributed by atoms with van der Waals surface area (Å²) in [5.74, 6) is 0.708. The Balaban J connectivity index is 1.24. The van der Waals surface area contributed by atoms with Crippen molar-refractivity contribution in [3.05, 3.63) is 206 Å². The Bertz CT molecular complexity index is 3620. The standard InChI is InChI=1S/C56H34N2/c1-2-16-35(17-3-1)38-20-8-13-27-45(38)52-34-53(58-56(57-52)55-40-22-7-5-19-37(40)32-49-39-21-6-4-18-36(39)30-31-48(49)55)50-33-51-43-25-10-9-23-41(43)42-24-11-14-28-46(42)54(51)47-29-15-12-26-44(47)50/h1-34H. The van der Waals surface area contributed by atoms with Gasteiger partial charge in [-0.15, -0.1) is 0 Å². The van der Waals surface area contributed by atoms with E-state index >= 15 is 0 Å². The second kappa shape index (κ2) is 12.9. The molecule has 2 nitrogen and oxygen atoms in total. The number of fused-ring (bicyclic) bond motifs is 12. The molecule has 0 radical (unpaired) electrons. The molecule has 58 heavy (non-hydrogen) atoms. The molecule has 0 aliphatic rings. The van der Waals surface area contributed by atoms with E-state index in [2.05, 4.69) is 206 Å². The summed E-state index contributed by atoms with van der Waals surface area (Å²) in [6, 6.07) is 74.5. The van der Waals surface area contributed by atoms with E-state index in [9.17, 15) is 0 Å². The number of nitrogens with zero attached hydrogens (tertiary/aromatic N) is 2. The highest BCUT2D eigenvalue weighted by Crippen LogP contribution is 2.45. The predicted molar refractivity (Wildman–Crippen MR) is 246 cm³/mol. The van der Waals surface area contributed by atoms with Gasteiger partial charge in [0.1, 0.15) is 0 Å². The molecule has 0 aliphatic carbocycles. The molecule has 0 saturated carbocycles. The zero-order valence-electron chi connectivity index (χ0n) is 31.5. The lowest BCUT2D eigenvalue weighted by atomic mass is 9.88. The van der Waals surface area contributed by atoms with E-state index in [1.165, 1.54) is 53.9 Å². The molecular weight excluding hydrogens is 701 g/mol. The first-order valence-corrected chi connectivity index (χ1v) is 19.9. The number of hydrogen-bond acceptors (Lipinski definition) is 2. The van der Waals surface area contributed by atoms with Crippen molar-refractivity contribution in [3.8, 4) is 45.0 Å². The zero-order valence-corrected chi connectivity index (χ0v) is 31.5. The minimum absolute atomic E-state index is 0.708. The van der Waals surface area contributed by atoms with Crippen LogP contribution in [0.15, 0.2) is 206 Å². The van der Waals surface area contributed by atoms with Gasteiger partial charge in [0.15, 0.2) is 5.82 Å². The Hall–Kier alpha value is -7.68. The van der Waals surface area contributed by atoms with Crippen LogP contribution in [0.4, 0.5) is 0 Å². The van der Waals surface area contributed by atoms with Crippen LogP contribution in [0.25, 0.3) is 120 Å². The third-order valence-corrected chi connectivity index (χ3v) is 12.0. The van der Waals surface area contributed by atoms with Gasteiger partial charge in [-0.1, -0.05) is 188 Å². The van der Waals surface area contributed by atoms with Crippen molar-refractivity contribution in [2.24, 2.45) is 0 Å². The molecular formula is C56H34N2. The van der Waals surface area contributed by atoms with Crippen LogP contribution in [-0.4, -0.2) is 9.97 Å². The van der Waals surface area contributed by atoms with Gasteiger partial charge in [0, 0.05) is 16.7 Å². The fourth-order valence-electron chi connectivity index (χ4n) is 9.45. The normalized spacial score (nSPS) is 11.8. The molecule has 0 spiro atoms. The summed E-state index contributed by atoms with van der Waals surface area (Å²) in [5, 5.41) is 16.9. The van der Waals surface area contributed by atoms with Crippen LogP contribution in [0, 0.1) is 0 Å². The first kappa shape index (κ1) is 32.6. The summed E-state index contributed by atoms with van der Waals surface area (Å²) >= 11 is 0. The van der Waals surface area contributed by atoms with E-state index in [0.29, 0.717) is 5.82 Å². The average molecular weight is 735 g/mol. The highest BCUT2D eigenvalue weighted by atomic mass is 14.9. The van der Waals surface area contributed by atoms with Gasteiger partial charge >= 0.3 is 0 Å². The van der Waals surface area contributed by atoms with Crippen LogP contribution in [0.3, 0.4) is 0 Å². The molecule has 0 N–H and O–H groups in total. The minimum Gasteiger partial charge on any atom is -0.228 e. The lowest BCUT2D eigenvalue weighted by molar-refractivity contribution is 1.19. The van der Waals surface area contributed by atoms with Gasteiger partial charge in [-0.05, 0) is 105 Å². The number of rotatable bonds is 4. The monoisotopic (exact) mass is 734 g/mol. The molecule has 12 rings (SSSR count). The van der Waals surface area contributed by atoms with E-state index in [4.69, 9.17) is 9.97 Å². The second-order valence-electron chi connectivity index (χ2n) is 15.2. The lowest BCUT2D eigenvalue weighted by Gasteiger charge is -2.18. The van der Waals surface area contributed by atoms with E-state index in [-0.39, 0.29) is 0 Å². The summed E-state index contributed by atoms with van der Waals surface area (Å²) in [5.41, 5.74) is 7.25. The smallest absolute Gasteiger partial charge is 0.161 e. The second-order valence-corrected chi connectivity index (χ2v) is 15.2. The molecule has 1 aromatic heterocycles. The summed E-state index contributed by atoms with van der Waals surface area (Å²) in [7, 11) is 0. The maximum atomic E-state index is 5.67. The van der Waals surface area contributed by atoms with Crippen LogP contribution < -0.4 is 0 Å². The first-order valence-electron chi connectivity index (χ1n) is 19.9. The summed E-state index contributed by atoms with van der Waals surface area (Å²) < 4.78 is 0. The highest BCUT2D eigenvalue weighted by molar-refractivity contribution is 6.33. The first-order chi connectivity index (χ1) is 28.8. The Labute approximate surface area is 335 Å². The Morgan fingerprint density at radius 2 is 0.776 bits per heavy atom. The largest absolute Gasteiger partial charge is 0.228 e. The van der Waals surface area contributed by atoms with Crippen LogP contribution >= 0.6 is 0 Å². The SMILES string of the molecule is c1ccc(-c2ccccc2-c2cc(-c3cc4c5ccccc5c5ccccc5c4c4ccccc34)nc(-c3c4ccccc4cc4c3ccc3ccccc34)n2)cc1. The van der Waals surface area contributed by atoms with Gasteiger partial charge in [0.25, 0.3) is 0 Å². The van der Waals surface area contributed by atoms with Gasteiger partial charge in [-0.3, -0.25) is 0 Å². The molecule has 0 aliphatic heterocycles. The maximum absolute atomic E-state index is 5.67. The molecule has 0 bridgehead atoms. The van der Waals surface area contributed by atoms with Crippen molar-refractivity contribution in [3.63, 3.8) is 0 Å². The molecule has 0 unspecified atom stereocenters. The lowest BCUT2D eigenvalue weighted by Crippen LogP contribution is -1.99. The van der Waals surface area contributed by atoms with Crippen molar-refractivity contribution in [1.82, 2.24) is 9.97 Å². The van der Waals surface area contributed by atoms with E-state index in [1.807, 2.05) is 0 Å². The van der Waals surface area contributed by atoms with Gasteiger partial charge in [-0.2, -0.15) is 0 Å². The Morgan fingerprint density at radius 1 is 0.259 bits per heavy atom. The number of hydrogen-bond donors (Lipinski definition) is 0.